The Morgan fingerprint density at radius 2 is 2.10 bits per heavy atom. The molecule has 0 bridgehead atoms. The van der Waals surface area contributed by atoms with Crippen molar-refractivity contribution in [2.45, 2.75) is 12.8 Å². The zero-order valence-corrected chi connectivity index (χ0v) is 10.6. The lowest BCUT2D eigenvalue weighted by Crippen LogP contribution is -2.14. The standard InChI is InChI=1S/C13H13N5O2/c14-9-3-4-11(15-6-9)20-12-5-10(16-7-17-12)18-13(19)8-1-2-8/h3-8H,1-2,14H2,(H,16,17,18,19). The smallest absolute Gasteiger partial charge is 0.228 e. The van der Waals surface area contributed by atoms with Crippen LogP contribution in [0, 0.1) is 5.92 Å². The summed E-state index contributed by atoms with van der Waals surface area (Å²) in [7, 11) is 0. The first kappa shape index (κ1) is 12.3. The minimum Gasteiger partial charge on any atom is -0.421 e. The molecule has 0 spiro atoms. The van der Waals surface area contributed by atoms with Crippen LogP contribution < -0.4 is 15.8 Å². The van der Waals surface area contributed by atoms with Gasteiger partial charge < -0.3 is 15.8 Å². The molecule has 1 amide bonds. The third-order valence-corrected chi connectivity index (χ3v) is 2.81. The fourth-order valence-corrected chi connectivity index (χ4v) is 1.60. The Hall–Kier alpha value is -2.70. The number of carbonyl (C=O) groups is 1. The topological polar surface area (TPSA) is 103 Å². The summed E-state index contributed by atoms with van der Waals surface area (Å²) < 4.78 is 5.46. The molecule has 1 aliphatic rings. The fourth-order valence-electron chi connectivity index (χ4n) is 1.60. The largest absolute Gasteiger partial charge is 0.421 e. The van der Waals surface area contributed by atoms with Crippen molar-refractivity contribution in [2.75, 3.05) is 11.1 Å². The van der Waals surface area contributed by atoms with Gasteiger partial charge in [0.25, 0.3) is 0 Å². The number of amides is 1. The van der Waals surface area contributed by atoms with Gasteiger partial charge in [0.15, 0.2) is 0 Å². The van der Waals surface area contributed by atoms with Crippen molar-refractivity contribution in [1.29, 1.82) is 0 Å². The zero-order chi connectivity index (χ0) is 13.9. The minimum absolute atomic E-state index is 0.0136. The van der Waals surface area contributed by atoms with Gasteiger partial charge in [0, 0.05) is 18.1 Å². The third-order valence-electron chi connectivity index (χ3n) is 2.81. The van der Waals surface area contributed by atoms with E-state index in [1.165, 1.54) is 12.5 Å². The van der Waals surface area contributed by atoms with Crippen LogP contribution in [0.4, 0.5) is 11.5 Å². The molecule has 0 radical (unpaired) electrons. The summed E-state index contributed by atoms with van der Waals surface area (Å²) in [4.78, 5) is 23.6. The highest BCUT2D eigenvalue weighted by molar-refractivity contribution is 5.93. The van der Waals surface area contributed by atoms with E-state index in [-0.39, 0.29) is 11.8 Å². The molecule has 3 rings (SSSR count). The van der Waals surface area contributed by atoms with Crippen molar-refractivity contribution in [3.8, 4) is 11.8 Å². The number of pyridine rings is 1. The molecule has 0 unspecified atom stereocenters. The van der Waals surface area contributed by atoms with Crippen LogP contribution in [0.1, 0.15) is 12.8 Å². The molecule has 7 nitrogen and oxygen atoms in total. The quantitative estimate of drug-likeness (QED) is 0.875. The summed E-state index contributed by atoms with van der Waals surface area (Å²) in [6, 6.07) is 4.87. The molecule has 1 aliphatic carbocycles. The van der Waals surface area contributed by atoms with Crippen LogP contribution >= 0.6 is 0 Å². The number of ether oxygens (including phenoxy) is 1. The molecule has 20 heavy (non-hydrogen) atoms. The van der Waals surface area contributed by atoms with Crippen molar-refractivity contribution in [1.82, 2.24) is 15.0 Å². The predicted octanol–water partition coefficient (Wildman–Crippen LogP) is 1.59. The Balaban J connectivity index is 1.70. The maximum Gasteiger partial charge on any atom is 0.228 e. The summed E-state index contributed by atoms with van der Waals surface area (Å²) in [5, 5.41) is 2.73. The molecule has 0 aliphatic heterocycles. The van der Waals surface area contributed by atoms with Gasteiger partial charge in [-0.1, -0.05) is 0 Å². The van der Waals surface area contributed by atoms with Gasteiger partial charge in [0.2, 0.25) is 17.7 Å². The molecule has 2 aromatic heterocycles. The lowest BCUT2D eigenvalue weighted by molar-refractivity contribution is -0.117. The summed E-state index contributed by atoms with van der Waals surface area (Å²) >= 11 is 0. The number of hydrogen-bond acceptors (Lipinski definition) is 6. The molecule has 1 saturated carbocycles. The Morgan fingerprint density at radius 1 is 1.25 bits per heavy atom. The number of rotatable bonds is 4. The number of hydrogen-bond donors (Lipinski definition) is 2. The highest BCUT2D eigenvalue weighted by Crippen LogP contribution is 2.30. The van der Waals surface area contributed by atoms with E-state index < -0.39 is 0 Å². The first-order valence-electron chi connectivity index (χ1n) is 6.23. The number of nitrogen functional groups attached to an aromatic ring is 1. The molecule has 0 saturated heterocycles. The van der Waals surface area contributed by atoms with Crippen molar-refractivity contribution >= 4 is 17.4 Å². The molecule has 2 aromatic rings. The number of nitrogens with two attached hydrogens (primary N) is 1. The van der Waals surface area contributed by atoms with Crippen LogP contribution in [0.5, 0.6) is 11.8 Å². The maximum absolute atomic E-state index is 11.6. The SMILES string of the molecule is Nc1ccc(Oc2cc(NC(=O)C3CC3)ncn2)nc1. The van der Waals surface area contributed by atoms with Crippen LogP contribution in [-0.2, 0) is 4.79 Å². The summed E-state index contributed by atoms with van der Waals surface area (Å²) in [6.07, 6.45) is 4.70. The van der Waals surface area contributed by atoms with Crippen LogP contribution in [-0.4, -0.2) is 20.9 Å². The monoisotopic (exact) mass is 271 g/mol. The molecule has 0 atom stereocenters. The predicted molar refractivity (Wildman–Crippen MR) is 72.1 cm³/mol. The number of carbonyl (C=O) groups excluding carboxylic acids is 1. The second kappa shape index (κ2) is 5.12. The Morgan fingerprint density at radius 3 is 2.80 bits per heavy atom. The Bertz CT molecular complexity index is 625. The number of nitrogens with one attached hydrogen (secondary N) is 1. The molecule has 102 valence electrons. The van der Waals surface area contributed by atoms with Crippen molar-refractivity contribution in [2.24, 2.45) is 5.92 Å². The molecule has 1 fully saturated rings. The molecular formula is C13H13N5O2. The van der Waals surface area contributed by atoms with E-state index in [1.807, 2.05) is 0 Å². The van der Waals surface area contributed by atoms with Crippen LogP contribution in [0.2, 0.25) is 0 Å². The highest BCUT2D eigenvalue weighted by Gasteiger charge is 2.29. The Labute approximate surface area is 115 Å². The zero-order valence-electron chi connectivity index (χ0n) is 10.6. The minimum atomic E-state index is -0.0136. The lowest BCUT2D eigenvalue weighted by atomic mass is 10.4. The number of anilines is 2. The highest BCUT2D eigenvalue weighted by atomic mass is 16.5. The first-order valence-corrected chi connectivity index (χ1v) is 6.23. The van der Waals surface area contributed by atoms with E-state index in [2.05, 4.69) is 20.3 Å². The van der Waals surface area contributed by atoms with Crippen LogP contribution in [0.15, 0.2) is 30.7 Å². The van der Waals surface area contributed by atoms with Gasteiger partial charge in [-0.15, -0.1) is 0 Å². The molecule has 7 heteroatoms. The van der Waals surface area contributed by atoms with Gasteiger partial charge in [0.1, 0.15) is 12.1 Å². The van der Waals surface area contributed by atoms with Gasteiger partial charge in [0.05, 0.1) is 11.9 Å². The second-order valence-corrected chi connectivity index (χ2v) is 4.54. The summed E-state index contributed by atoms with van der Waals surface area (Å²) in [5.41, 5.74) is 6.10. The lowest BCUT2D eigenvalue weighted by Gasteiger charge is -2.06. The normalized spacial score (nSPS) is 13.8. The van der Waals surface area contributed by atoms with E-state index >= 15 is 0 Å². The number of nitrogens with zero attached hydrogens (tertiary/aromatic N) is 3. The molecule has 2 heterocycles. The van der Waals surface area contributed by atoms with Gasteiger partial charge in [-0.05, 0) is 18.9 Å². The van der Waals surface area contributed by atoms with Gasteiger partial charge in [-0.3, -0.25) is 4.79 Å². The summed E-state index contributed by atoms with van der Waals surface area (Å²) in [5.74, 6) is 1.21. The van der Waals surface area contributed by atoms with E-state index in [9.17, 15) is 4.79 Å². The van der Waals surface area contributed by atoms with E-state index in [4.69, 9.17) is 10.5 Å². The van der Waals surface area contributed by atoms with Crippen molar-refractivity contribution in [3.63, 3.8) is 0 Å². The van der Waals surface area contributed by atoms with Gasteiger partial charge >= 0.3 is 0 Å². The molecular weight excluding hydrogens is 258 g/mol. The average molecular weight is 271 g/mol. The van der Waals surface area contributed by atoms with Crippen molar-refractivity contribution in [3.05, 3.63) is 30.7 Å². The molecule has 0 aromatic carbocycles. The Kier molecular flexibility index (Phi) is 3.16. The number of aromatic nitrogens is 3. The van der Waals surface area contributed by atoms with E-state index in [0.717, 1.165) is 12.8 Å². The second-order valence-electron chi connectivity index (χ2n) is 4.54. The molecule has 3 N–H and O–H groups in total. The van der Waals surface area contributed by atoms with E-state index in [0.29, 0.717) is 23.3 Å². The van der Waals surface area contributed by atoms with E-state index in [1.54, 1.807) is 18.2 Å². The first-order chi connectivity index (χ1) is 9.70. The van der Waals surface area contributed by atoms with Crippen LogP contribution in [0.25, 0.3) is 0 Å². The van der Waals surface area contributed by atoms with Crippen LogP contribution in [0.3, 0.4) is 0 Å². The van der Waals surface area contributed by atoms with Crippen molar-refractivity contribution < 1.29 is 9.53 Å². The third kappa shape index (κ3) is 3.00. The van der Waals surface area contributed by atoms with Gasteiger partial charge in [-0.2, -0.15) is 0 Å². The fraction of sp³-hybridized carbons (Fsp3) is 0.231. The average Bonchev–Trinajstić information content (AvgIpc) is 3.26. The van der Waals surface area contributed by atoms with Gasteiger partial charge in [-0.25, -0.2) is 15.0 Å². The maximum atomic E-state index is 11.6. The summed E-state index contributed by atoms with van der Waals surface area (Å²) in [6.45, 7) is 0.